The third-order valence-electron chi connectivity index (χ3n) is 2.95. The maximum Gasteiger partial charge on any atom is 0.123 e. The minimum absolute atomic E-state index is 0.0230. The lowest BCUT2D eigenvalue weighted by atomic mass is 9.98. The molecule has 0 radical (unpaired) electrons. The molecule has 2 rings (SSSR count). The third-order valence-corrected chi connectivity index (χ3v) is 3.30. The van der Waals surface area contributed by atoms with Crippen molar-refractivity contribution in [1.29, 1.82) is 0 Å². The number of benzene rings is 2. The van der Waals surface area contributed by atoms with E-state index < -0.39 is 0 Å². The quantitative estimate of drug-likeness (QED) is 0.907. The standard InChI is InChI=1S/C15H16ClNO/c1-17-15(11-7-3-5-9-13(11)16)12-8-4-6-10-14(12)18-2/h3-10,15,17H,1-2H3. The summed E-state index contributed by atoms with van der Waals surface area (Å²) in [7, 11) is 3.60. The summed E-state index contributed by atoms with van der Waals surface area (Å²) in [4.78, 5) is 0. The predicted octanol–water partition coefficient (Wildman–Crippen LogP) is 3.66. The van der Waals surface area contributed by atoms with Crippen LogP contribution >= 0.6 is 11.6 Å². The van der Waals surface area contributed by atoms with Gasteiger partial charge in [-0.15, -0.1) is 0 Å². The first kappa shape index (κ1) is 12.9. The Labute approximate surface area is 113 Å². The van der Waals surface area contributed by atoms with Gasteiger partial charge in [-0.1, -0.05) is 48.0 Å². The van der Waals surface area contributed by atoms with Crippen molar-refractivity contribution >= 4 is 11.6 Å². The van der Waals surface area contributed by atoms with E-state index in [0.29, 0.717) is 0 Å². The summed E-state index contributed by atoms with van der Waals surface area (Å²) in [6.45, 7) is 0. The van der Waals surface area contributed by atoms with Gasteiger partial charge in [-0.05, 0) is 24.7 Å². The highest BCUT2D eigenvalue weighted by Gasteiger charge is 2.17. The number of hydrogen-bond acceptors (Lipinski definition) is 2. The molecule has 0 heterocycles. The van der Waals surface area contributed by atoms with Crippen molar-refractivity contribution in [3.8, 4) is 5.75 Å². The molecule has 2 aromatic rings. The van der Waals surface area contributed by atoms with Crippen molar-refractivity contribution < 1.29 is 4.74 Å². The smallest absolute Gasteiger partial charge is 0.123 e. The second-order valence-corrected chi connectivity index (χ2v) is 4.39. The normalized spacial score (nSPS) is 12.2. The first-order valence-corrected chi connectivity index (χ1v) is 6.20. The zero-order valence-corrected chi connectivity index (χ0v) is 11.2. The monoisotopic (exact) mass is 261 g/mol. The maximum absolute atomic E-state index is 6.26. The Morgan fingerprint density at radius 2 is 1.61 bits per heavy atom. The predicted molar refractivity (Wildman–Crippen MR) is 75.3 cm³/mol. The van der Waals surface area contributed by atoms with Gasteiger partial charge in [0.1, 0.15) is 5.75 Å². The number of nitrogens with one attached hydrogen (secondary N) is 1. The topological polar surface area (TPSA) is 21.3 Å². The summed E-state index contributed by atoms with van der Waals surface area (Å²) >= 11 is 6.26. The summed E-state index contributed by atoms with van der Waals surface area (Å²) in [6, 6.07) is 15.8. The van der Waals surface area contributed by atoms with Gasteiger partial charge >= 0.3 is 0 Å². The molecule has 2 aromatic carbocycles. The van der Waals surface area contributed by atoms with Gasteiger partial charge in [0.2, 0.25) is 0 Å². The summed E-state index contributed by atoms with van der Waals surface area (Å²) in [5.74, 6) is 0.858. The highest BCUT2D eigenvalue weighted by Crippen LogP contribution is 2.32. The SMILES string of the molecule is CNC(c1ccccc1Cl)c1ccccc1OC. The van der Waals surface area contributed by atoms with Crippen LogP contribution in [0.25, 0.3) is 0 Å². The fraction of sp³-hybridized carbons (Fsp3) is 0.200. The van der Waals surface area contributed by atoms with Crippen LogP contribution < -0.4 is 10.1 Å². The van der Waals surface area contributed by atoms with Gasteiger partial charge in [0.25, 0.3) is 0 Å². The molecule has 2 nitrogen and oxygen atoms in total. The molecule has 0 bridgehead atoms. The van der Waals surface area contributed by atoms with E-state index in [0.717, 1.165) is 21.9 Å². The number of ether oxygens (including phenoxy) is 1. The van der Waals surface area contributed by atoms with Crippen molar-refractivity contribution in [3.63, 3.8) is 0 Å². The van der Waals surface area contributed by atoms with Gasteiger partial charge in [0.15, 0.2) is 0 Å². The molecule has 0 saturated heterocycles. The molecule has 0 aliphatic heterocycles. The molecule has 94 valence electrons. The van der Waals surface area contributed by atoms with E-state index >= 15 is 0 Å². The van der Waals surface area contributed by atoms with Gasteiger partial charge in [-0.3, -0.25) is 0 Å². The van der Waals surface area contributed by atoms with Crippen molar-refractivity contribution in [2.45, 2.75) is 6.04 Å². The van der Waals surface area contributed by atoms with Crippen molar-refractivity contribution in [2.75, 3.05) is 14.2 Å². The summed E-state index contributed by atoms with van der Waals surface area (Å²) in [5, 5.41) is 4.04. The van der Waals surface area contributed by atoms with Crippen molar-refractivity contribution in [2.24, 2.45) is 0 Å². The van der Waals surface area contributed by atoms with Crippen LogP contribution in [0.15, 0.2) is 48.5 Å². The van der Waals surface area contributed by atoms with E-state index in [1.54, 1.807) is 7.11 Å². The molecule has 0 fully saturated rings. The first-order valence-electron chi connectivity index (χ1n) is 5.82. The molecular formula is C15H16ClNO. The molecule has 0 saturated carbocycles. The van der Waals surface area contributed by atoms with Crippen LogP contribution in [0.3, 0.4) is 0 Å². The van der Waals surface area contributed by atoms with Gasteiger partial charge in [-0.2, -0.15) is 0 Å². The van der Waals surface area contributed by atoms with E-state index in [2.05, 4.69) is 5.32 Å². The van der Waals surface area contributed by atoms with E-state index in [1.165, 1.54) is 0 Å². The summed E-state index contributed by atoms with van der Waals surface area (Å²) in [6.07, 6.45) is 0. The Morgan fingerprint density at radius 3 is 2.22 bits per heavy atom. The highest BCUT2D eigenvalue weighted by atomic mass is 35.5. The van der Waals surface area contributed by atoms with Crippen LogP contribution in [0, 0.1) is 0 Å². The number of para-hydroxylation sites is 1. The third kappa shape index (κ3) is 2.50. The van der Waals surface area contributed by atoms with E-state index in [-0.39, 0.29) is 6.04 Å². The molecule has 0 aliphatic rings. The number of hydrogen-bond donors (Lipinski definition) is 1. The zero-order chi connectivity index (χ0) is 13.0. The van der Waals surface area contributed by atoms with Crippen LogP contribution in [0.2, 0.25) is 5.02 Å². The van der Waals surface area contributed by atoms with Crippen molar-refractivity contribution in [1.82, 2.24) is 5.32 Å². The average molecular weight is 262 g/mol. The number of rotatable bonds is 4. The lowest BCUT2D eigenvalue weighted by Gasteiger charge is -2.20. The van der Waals surface area contributed by atoms with Gasteiger partial charge < -0.3 is 10.1 Å². The Morgan fingerprint density at radius 1 is 1.00 bits per heavy atom. The lowest BCUT2D eigenvalue weighted by molar-refractivity contribution is 0.405. The number of methoxy groups -OCH3 is 1. The fourth-order valence-electron chi connectivity index (χ4n) is 2.09. The number of halogens is 1. The second kappa shape index (κ2) is 5.89. The first-order chi connectivity index (χ1) is 8.77. The van der Waals surface area contributed by atoms with Crippen LogP contribution in [0.4, 0.5) is 0 Å². The Hall–Kier alpha value is -1.51. The average Bonchev–Trinajstić information content (AvgIpc) is 2.42. The summed E-state index contributed by atoms with van der Waals surface area (Å²) in [5.41, 5.74) is 2.13. The van der Waals surface area contributed by atoms with Crippen LogP contribution in [-0.2, 0) is 0 Å². The molecule has 1 unspecified atom stereocenters. The minimum atomic E-state index is 0.0230. The maximum atomic E-state index is 6.26. The van der Waals surface area contributed by atoms with Crippen LogP contribution in [0.1, 0.15) is 17.2 Å². The van der Waals surface area contributed by atoms with Crippen LogP contribution in [0.5, 0.6) is 5.75 Å². The summed E-state index contributed by atoms with van der Waals surface area (Å²) < 4.78 is 5.41. The molecular weight excluding hydrogens is 246 g/mol. The Balaban J connectivity index is 2.49. The Bertz CT molecular complexity index is 527. The molecule has 18 heavy (non-hydrogen) atoms. The van der Waals surface area contributed by atoms with Crippen molar-refractivity contribution in [3.05, 3.63) is 64.7 Å². The molecule has 1 atom stereocenters. The van der Waals surface area contributed by atoms with Gasteiger partial charge in [-0.25, -0.2) is 0 Å². The zero-order valence-electron chi connectivity index (χ0n) is 10.5. The molecule has 3 heteroatoms. The van der Waals surface area contributed by atoms with E-state index in [9.17, 15) is 0 Å². The minimum Gasteiger partial charge on any atom is -0.496 e. The molecule has 0 amide bonds. The Kier molecular flexibility index (Phi) is 4.24. The largest absolute Gasteiger partial charge is 0.496 e. The fourth-order valence-corrected chi connectivity index (χ4v) is 2.34. The molecule has 0 spiro atoms. The van der Waals surface area contributed by atoms with Gasteiger partial charge in [0.05, 0.1) is 13.2 Å². The molecule has 0 aliphatic carbocycles. The van der Waals surface area contributed by atoms with Gasteiger partial charge in [0, 0.05) is 10.6 Å². The van der Waals surface area contributed by atoms with E-state index in [1.807, 2.05) is 55.6 Å². The van der Waals surface area contributed by atoms with E-state index in [4.69, 9.17) is 16.3 Å². The molecule has 1 N–H and O–H groups in total. The molecule has 0 aromatic heterocycles. The second-order valence-electron chi connectivity index (χ2n) is 3.99. The highest BCUT2D eigenvalue weighted by molar-refractivity contribution is 6.31. The lowest BCUT2D eigenvalue weighted by Crippen LogP contribution is -2.18. The van der Waals surface area contributed by atoms with Crippen LogP contribution in [-0.4, -0.2) is 14.2 Å².